The molecule has 1 unspecified atom stereocenters. The number of aliphatic imine (C=N–C) groups is 1. The van der Waals surface area contributed by atoms with Crippen molar-refractivity contribution in [3.8, 4) is 0 Å². The van der Waals surface area contributed by atoms with Crippen LogP contribution in [-0.4, -0.2) is 30.7 Å². The van der Waals surface area contributed by atoms with Gasteiger partial charge in [0.05, 0.1) is 12.8 Å². The van der Waals surface area contributed by atoms with Crippen LogP contribution in [0, 0.1) is 11.6 Å². The van der Waals surface area contributed by atoms with E-state index in [0.717, 1.165) is 6.07 Å². The van der Waals surface area contributed by atoms with E-state index >= 15 is 0 Å². The molecule has 0 saturated carbocycles. The third-order valence-electron chi connectivity index (χ3n) is 3.64. The molecule has 26 heavy (non-hydrogen) atoms. The Labute approximate surface area is 168 Å². The van der Waals surface area contributed by atoms with Crippen LogP contribution in [0.4, 0.5) is 8.78 Å². The maximum absolute atomic E-state index is 13.6. The molecule has 2 aromatic rings. The normalized spacial score (nSPS) is 13.7. The lowest BCUT2D eigenvalue weighted by Crippen LogP contribution is -2.39. The molecule has 1 aromatic carbocycles. The predicted octanol–water partition coefficient (Wildman–Crippen LogP) is 3.18. The first-order chi connectivity index (χ1) is 11.9. The van der Waals surface area contributed by atoms with Crippen molar-refractivity contribution < 1.29 is 18.3 Å². The van der Waals surface area contributed by atoms with Gasteiger partial charge in [0.15, 0.2) is 5.96 Å². The van der Waals surface area contributed by atoms with Crippen molar-refractivity contribution in [1.29, 1.82) is 0 Å². The second-order valence-corrected chi connectivity index (χ2v) is 5.86. The van der Waals surface area contributed by atoms with Crippen molar-refractivity contribution in [3.63, 3.8) is 0 Å². The molecule has 0 amide bonds. The summed E-state index contributed by atoms with van der Waals surface area (Å²) >= 11 is 0. The van der Waals surface area contributed by atoms with Gasteiger partial charge in [-0.3, -0.25) is 0 Å². The summed E-state index contributed by atoms with van der Waals surface area (Å²) in [6, 6.07) is 6.92. The number of rotatable bonds is 7. The highest BCUT2D eigenvalue weighted by atomic mass is 127. The number of benzene rings is 1. The molecule has 0 aliphatic heterocycles. The van der Waals surface area contributed by atoms with Crippen LogP contribution in [0.3, 0.4) is 0 Å². The highest BCUT2D eigenvalue weighted by molar-refractivity contribution is 14.0. The van der Waals surface area contributed by atoms with Gasteiger partial charge in [-0.1, -0.05) is 6.07 Å². The molecular weight excluding hydrogens is 455 g/mol. The van der Waals surface area contributed by atoms with E-state index in [-0.39, 0.29) is 30.5 Å². The smallest absolute Gasteiger partial charge is 0.191 e. The summed E-state index contributed by atoms with van der Waals surface area (Å²) in [7, 11) is 0. The number of nitrogens with one attached hydrogen (secondary N) is 2. The lowest BCUT2D eigenvalue weighted by atomic mass is 10.0. The van der Waals surface area contributed by atoms with Gasteiger partial charge in [0.25, 0.3) is 0 Å². The Morgan fingerprint density at radius 1 is 1.27 bits per heavy atom. The van der Waals surface area contributed by atoms with Crippen molar-refractivity contribution in [3.05, 3.63) is 59.6 Å². The topological polar surface area (TPSA) is 69.8 Å². The fraction of sp³-hybridized carbons (Fsp3) is 0.389. The fourth-order valence-electron chi connectivity index (χ4n) is 2.28. The van der Waals surface area contributed by atoms with Gasteiger partial charge in [0, 0.05) is 19.2 Å². The number of halogens is 3. The van der Waals surface area contributed by atoms with Gasteiger partial charge in [-0.2, -0.15) is 0 Å². The highest BCUT2D eigenvalue weighted by Gasteiger charge is 2.26. The molecule has 1 heterocycles. The van der Waals surface area contributed by atoms with Crippen LogP contribution < -0.4 is 10.6 Å². The lowest BCUT2D eigenvalue weighted by molar-refractivity contribution is 0.0437. The van der Waals surface area contributed by atoms with Crippen LogP contribution in [0.2, 0.25) is 0 Å². The predicted molar refractivity (Wildman–Crippen MR) is 108 cm³/mol. The molecule has 0 bridgehead atoms. The van der Waals surface area contributed by atoms with Crippen molar-refractivity contribution >= 4 is 29.9 Å². The van der Waals surface area contributed by atoms with E-state index in [2.05, 4.69) is 15.6 Å². The average molecular weight is 479 g/mol. The molecule has 0 aliphatic carbocycles. The molecule has 0 aliphatic rings. The van der Waals surface area contributed by atoms with Crippen molar-refractivity contribution in [1.82, 2.24) is 10.6 Å². The van der Waals surface area contributed by atoms with Gasteiger partial charge < -0.3 is 20.2 Å². The van der Waals surface area contributed by atoms with Crippen LogP contribution in [0.1, 0.15) is 25.2 Å². The Bertz CT molecular complexity index is 706. The van der Waals surface area contributed by atoms with E-state index in [1.807, 2.05) is 6.92 Å². The molecule has 144 valence electrons. The first-order valence-electron chi connectivity index (χ1n) is 8.15. The zero-order valence-electron chi connectivity index (χ0n) is 14.8. The quantitative estimate of drug-likeness (QED) is 0.324. The number of hydrogen-bond acceptors (Lipinski definition) is 3. The Kier molecular flexibility index (Phi) is 9.00. The van der Waals surface area contributed by atoms with Crippen LogP contribution in [-0.2, 0) is 12.0 Å². The van der Waals surface area contributed by atoms with E-state index in [4.69, 9.17) is 4.42 Å². The standard InChI is InChI=1S/C18H23F2N3O2.HI/c1-3-21-17(23-12-18(2,24)16-5-4-10-25-16)22-9-8-13-6-7-14(19)11-15(13)20;/h4-7,10-11,24H,3,8-9,12H2,1-2H3,(H2,21,22,23);1H. The number of hydrogen-bond donors (Lipinski definition) is 3. The Morgan fingerprint density at radius 2 is 2.04 bits per heavy atom. The van der Waals surface area contributed by atoms with Gasteiger partial charge in [0.2, 0.25) is 0 Å². The van der Waals surface area contributed by atoms with Crippen molar-refractivity contribution in [2.45, 2.75) is 25.9 Å². The molecule has 0 fully saturated rings. The van der Waals surface area contributed by atoms with Crippen LogP contribution >= 0.6 is 24.0 Å². The molecule has 0 spiro atoms. The largest absolute Gasteiger partial charge is 0.466 e. The zero-order valence-corrected chi connectivity index (χ0v) is 17.1. The van der Waals surface area contributed by atoms with Gasteiger partial charge in [-0.15, -0.1) is 24.0 Å². The van der Waals surface area contributed by atoms with E-state index < -0.39 is 17.2 Å². The summed E-state index contributed by atoms with van der Waals surface area (Å²) in [4.78, 5) is 4.34. The number of nitrogens with zero attached hydrogens (tertiary/aromatic N) is 1. The first kappa shape index (κ1) is 22.4. The maximum Gasteiger partial charge on any atom is 0.191 e. The fourth-order valence-corrected chi connectivity index (χ4v) is 2.28. The summed E-state index contributed by atoms with van der Waals surface area (Å²) < 4.78 is 31.8. The van der Waals surface area contributed by atoms with Gasteiger partial charge in [-0.25, -0.2) is 13.8 Å². The molecule has 0 saturated heterocycles. The summed E-state index contributed by atoms with van der Waals surface area (Å²) in [5, 5.41) is 16.5. The lowest BCUT2D eigenvalue weighted by Gasteiger charge is -2.19. The third-order valence-corrected chi connectivity index (χ3v) is 3.64. The minimum Gasteiger partial charge on any atom is -0.466 e. The summed E-state index contributed by atoms with van der Waals surface area (Å²) in [5.74, 6) is -0.230. The molecule has 5 nitrogen and oxygen atoms in total. The first-order valence-corrected chi connectivity index (χ1v) is 8.15. The Morgan fingerprint density at radius 3 is 2.65 bits per heavy atom. The van der Waals surface area contributed by atoms with E-state index in [9.17, 15) is 13.9 Å². The third kappa shape index (κ3) is 6.56. The number of furan rings is 1. The molecule has 1 aromatic heterocycles. The highest BCUT2D eigenvalue weighted by Crippen LogP contribution is 2.21. The summed E-state index contributed by atoms with van der Waals surface area (Å²) in [5.41, 5.74) is -0.804. The molecule has 1 atom stereocenters. The van der Waals surface area contributed by atoms with E-state index in [1.54, 1.807) is 19.1 Å². The minimum atomic E-state index is -1.23. The maximum atomic E-state index is 13.6. The zero-order chi connectivity index (χ0) is 18.3. The molecule has 0 radical (unpaired) electrons. The Balaban J connectivity index is 0.00000338. The van der Waals surface area contributed by atoms with Crippen LogP contribution in [0.15, 0.2) is 46.0 Å². The van der Waals surface area contributed by atoms with E-state index in [0.29, 0.717) is 36.8 Å². The monoisotopic (exact) mass is 479 g/mol. The molecular formula is C18H24F2IN3O2. The summed E-state index contributed by atoms with van der Waals surface area (Å²) in [6.07, 6.45) is 1.87. The van der Waals surface area contributed by atoms with Crippen molar-refractivity contribution in [2.24, 2.45) is 4.99 Å². The second-order valence-electron chi connectivity index (χ2n) is 5.86. The molecule has 8 heteroatoms. The van der Waals surface area contributed by atoms with Gasteiger partial charge in [-0.05, 0) is 44.0 Å². The van der Waals surface area contributed by atoms with Gasteiger partial charge in [0.1, 0.15) is 23.0 Å². The minimum absolute atomic E-state index is 0. The van der Waals surface area contributed by atoms with E-state index in [1.165, 1.54) is 18.4 Å². The second kappa shape index (κ2) is 10.5. The average Bonchev–Trinajstić information content (AvgIpc) is 3.10. The van der Waals surface area contributed by atoms with Crippen LogP contribution in [0.25, 0.3) is 0 Å². The summed E-state index contributed by atoms with van der Waals surface area (Å²) in [6.45, 7) is 4.69. The molecule has 2 rings (SSSR count). The van der Waals surface area contributed by atoms with Crippen LogP contribution in [0.5, 0.6) is 0 Å². The number of aliphatic hydroxyl groups is 1. The Hall–Kier alpha value is -1.68. The molecule has 3 N–H and O–H groups in total. The number of guanidine groups is 1. The van der Waals surface area contributed by atoms with Crippen molar-refractivity contribution in [2.75, 3.05) is 19.6 Å². The van der Waals surface area contributed by atoms with Gasteiger partial charge >= 0.3 is 0 Å². The SMILES string of the molecule is CCNC(=NCC(C)(O)c1ccco1)NCCc1ccc(F)cc1F.I.